The van der Waals surface area contributed by atoms with Gasteiger partial charge >= 0.3 is 6.09 Å². The lowest BCUT2D eigenvalue weighted by molar-refractivity contribution is -0.167. The maximum Gasteiger partial charge on any atom is 0.411 e. The number of carbonyl (C=O) groups is 3. The van der Waals surface area contributed by atoms with E-state index in [1.165, 1.54) is 32.1 Å². The zero-order valence-corrected chi connectivity index (χ0v) is 28.7. The third-order valence-electron chi connectivity index (χ3n) is 10.8. The van der Waals surface area contributed by atoms with Gasteiger partial charge in [-0.1, -0.05) is 122 Å². The molecule has 1 aliphatic carbocycles. The van der Waals surface area contributed by atoms with Crippen LogP contribution >= 0.6 is 0 Å². The number of hydrogen-bond donors (Lipinski definition) is 0. The number of likely N-dealkylation sites (tertiary alicyclic amines) is 1. The normalized spacial score (nSPS) is 24.0. The summed E-state index contributed by atoms with van der Waals surface area (Å²) in [6.07, 6.45) is 10.1. The molecule has 3 heterocycles. The van der Waals surface area contributed by atoms with Crippen molar-refractivity contribution in [2.24, 2.45) is 0 Å². The van der Waals surface area contributed by atoms with Gasteiger partial charge in [-0.05, 0) is 29.5 Å². The van der Waals surface area contributed by atoms with Gasteiger partial charge in [0, 0.05) is 45.2 Å². The summed E-state index contributed by atoms with van der Waals surface area (Å²) in [6, 6.07) is 27.7. The minimum absolute atomic E-state index is 0.0508. The maximum absolute atomic E-state index is 14.6. The first-order chi connectivity index (χ1) is 24.6. The van der Waals surface area contributed by atoms with Crippen molar-refractivity contribution in [1.82, 2.24) is 19.6 Å². The van der Waals surface area contributed by atoms with Crippen molar-refractivity contribution in [2.75, 3.05) is 39.4 Å². The molecule has 7 rings (SSSR count). The Morgan fingerprint density at radius 2 is 1.50 bits per heavy atom. The van der Waals surface area contributed by atoms with Crippen LogP contribution in [0.25, 0.3) is 6.08 Å². The summed E-state index contributed by atoms with van der Waals surface area (Å²) in [5.74, 6) is -0.292. The number of ether oxygens (including phenoxy) is 2. The van der Waals surface area contributed by atoms with Crippen molar-refractivity contribution in [3.63, 3.8) is 0 Å². The number of carbonyl (C=O) groups excluding carboxylic acids is 3. The number of rotatable bonds is 12. The van der Waals surface area contributed by atoms with Crippen LogP contribution in [0, 0.1) is 0 Å². The average Bonchev–Trinajstić information content (AvgIpc) is 3.55. The molecule has 0 radical (unpaired) electrons. The first-order valence-electron chi connectivity index (χ1n) is 18.3. The van der Waals surface area contributed by atoms with Crippen LogP contribution in [0.2, 0.25) is 0 Å². The van der Waals surface area contributed by atoms with E-state index in [1.54, 1.807) is 9.80 Å². The molecule has 0 bridgehead atoms. The monoisotopic (exact) mass is 676 g/mol. The number of piperazine rings is 1. The molecule has 3 saturated heterocycles. The molecule has 0 unspecified atom stereocenters. The second kappa shape index (κ2) is 16.0. The molecule has 0 spiro atoms. The van der Waals surface area contributed by atoms with Crippen molar-refractivity contribution in [3.05, 3.63) is 114 Å². The first kappa shape index (κ1) is 34.0. The van der Waals surface area contributed by atoms with Crippen molar-refractivity contribution in [1.29, 1.82) is 0 Å². The van der Waals surface area contributed by atoms with Crippen LogP contribution in [-0.4, -0.2) is 101 Å². The van der Waals surface area contributed by atoms with Crippen LogP contribution < -0.4 is 0 Å². The van der Waals surface area contributed by atoms with Crippen LogP contribution in [0.15, 0.2) is 97.1 Å². The highest BCUT2D eigenvalue weighted by Gasteiger charge is 2.58. The number of benzene rings is 3. The number of amides is 3. The minimum Gasteiger partial charge on any atom is -0.447 e. The number of nitrogens with zero attached hydrogens (tertiary/aromatic N) is 4. The smallest absolute Gasteiger partial charge is 0.411 e. The highest BCUT2D eigenvalue weighted by molar-refractivity contribution is 5.98. The largest absolute Gasteiger partial charge is 0.447 e. The maximum atomic E-state index is 14.6. The SMILES string of the molecule is O=C([C@@H](CCOCc1ccccc1)N1C(=O)[C@@H](N2C(=O)OC[C@@H]2c2ccccc2)[C@H]1/C=C/c1ccccc1)N1CCN(C2CCCCC2)CC1. The minimum atomic E-state index is -0.793. The van der Waals surface area contributed by atoms with Crippen molar-refractivity contribution in [3.8, 4) is 0 Å². The fraction of sp³-hybridized carbons (Fsp3) is 0.439. The zero-order chi connectivity index (χ0) is 34.3. The lowest BCUT2D eigenvalue weighted by Crippen LogP contribution is -2.74. The fourth-order valence-electron chi connectivity index (χ4n) is 8.11. The summed E-state index contributed by atoms with van der Waals surface area (Å²) in [5, 5.41) is 0. The Balaban J connectivity index is 1.14. The molecule has 0 aromatic heterocycles. The summed E-state index contributed by atoms with van der Waals surface area (Å²) in [7, 11) is 0. The summed E-state index contributed by atoms with van der Waals surface area (Å²) < 4.78 is 11.7. The van der Waals surface area contributed by atoms with Gasteiger partial charge in [0.2, 0.25) is 11.8 Å². The van der Waals surface area contributed by atoms with Gasteiger partial charge in [-0.2, -0.15) is 0 Å². The van der Waals surface area contributed by atoms with Gasteiger partial charge in [0.1, 0.15) is 18.7 Å². The van der Waals surface area contributed by atoms with Crippen molar-refractivity contribution >= 4 is 24.0 Å². The molecular weight excluding hydrogens is 628 g/mol. The number of β-lactam (4-membered cyclic amide) rings is 1. The fourth-order valence-corrected chi connectivity index (χ4v) is 8.11. The summed E-state index contributed by atoms with van der Waals surface area (Å²) in [5.41, 5.74) is 2.94. The Labute approximate surface area is 295 Å². The average molecular weight is 677 g/mol. The van der Waals surface area contributed by atoms with Gasteiger partial charge in [0.15, 0.2) is 0 Å². The molecule has 4 atom stereocenters. The lowest BCUT2D eigenvalue weighted by atomic mass is 9.87. The molecule has 1 saturated carbocycles. The van der Waals surface area contributed by atoms with Gasteiger partial charge in [-0.25, -0.2) is 4.79 Å². The molecular formula is C41H48N4O5. The van der Waals surface area contributed by atoms with Crippen molar-refractivity contribution < 1.29 is 23.9 Å². The van der Waals surface area contributed by atoms with E-state index in [2.05, 4.69) is 4.90 Å². The summed E-state index contributed by atoms with van der Waals surface area (Å²) in [6.45, 7) is 3.88. The van der Waals surface area contributed by atoms with E-state index in [0.29, 0.717) is 38.8 Å². The molecule has 262 valence electrons. The molecule has 0 N–H and O–H groups in total. The van der Waals surface area contributed by atoms with E-state index >= 15 is 0 Å². The van der Waals surface area contributed by atoms with Gasteiger partial charge in [-0.3, -0.25) is 19.4 Å². The number of hydrogen-bond acceptors (Lipinski definition) is 6. The summed E-state index contributed by atoms with van der Waals surface area (Å²) in [4.78, 5) is 50.1. The van der Waals surface area contributed by atoms with E-state index < -0.39 is 30.3 Å². The van der Waals surface area contributed by atoms with Crippen LogP contribution in [-0.2, 0) is 25.7 Å². The first-order valence-corrected chi connectivity index (χ1v) is 18.3. The third kappa shape index (κ3) is 7.49. The highest BCUT2D eigenvalue weighted by Crippen LogP contribution is 2.39. The lowest BCUT2D eigenvalue weighted by Gasteiger charge is -2.53. The molecule has 50 heavy (non-hydrogen) atoms. The Morgan fingerprint density at radius 1 is 0.840 bits per heavy atom. The van der Waals surface area contributed by atoms with Gasteiger partial charge in [0.05, 0.1) is 18.7 Å². The Bertz CT molecular complexity index is 1610. The van der Waals surface area contributed by atoms with Gasteiger partial charge in [-0.15, -0.1) is 0 Å². The summed E-state index contributed by atoms with van der Waals surface area (Å²) >= 11 is 0. The van der Waals surface area contributed by atoms with E-state index in [1.807, 2.05) is 108 Å². The molecule has 9 heteroatoms. The van der Waals surface area contributed by atoms with Crippen LogP contribution in [0.5, 0.6) is 0 Å². The van der Waals surface area contributed by atoms with E-state index in [9.17, 15) is 14.4 Å². The molecule has 3 amide bonds. The van der Waals surface area contributed by atoms with E-state index in [0.717, 1.165) is 29.8 Å². The van der Waals surface area contributed by atoms with Gasteiger partial charge in [0.25, 0.3) is 0 Å². The predicted molar refractivity (Wildman–Crippen MR) is 192 cm³/mol. The quantitative estimate of drug-likeness (QED) is 0.175. The second-order valence-electron chi connectivity index (χ2n) is 13.9. The molecule has 3 aromatic carbocycles. The molecule has 3 aliphatic heterocycles. The Kier molecular flexibility index (Phi) is 10.9. The second-order valence-corrected chi connectivity index (χ2v) is 13.9. The standard InChI is InChI=1S/C41H48N4O5/c46-39(43-26-24-42(25-27-43)34-19-11-4-12-20-34)36(23-28-49-29-32-15-7-2-8-16-32)44-35(22-21-31-13-5-1-6-14-31)38(40(44)47)45-37(30-50-41(45)48)33-17-9-3-10-18-33/h1-3,5-10,13-18,21-22,34-38H,4,11-12,19-20,23-30H2/b22-21+/t35-,36-,37-,38+/m1/s1. The molecule has 4 fully saturated rings. The van der Waals surface area contributed by atoms with Crippen LogP contribution in [0.4, 0.5) is 4.79 Å². The molecule has 4 aliphatic rings. The van der Waals surface area contributed by atoms with Crippen molar-refractivity contribution in [2.45, 2.75) is 75.3 Å². The van der Waals surface area contributed by atoms with Crippen LogP contribution in [0.3, 0.4) is 0 Å². The Hall–Kier alpha value is -4.47. The molecule has 3 aromatic rings. The highest BCUT2D eigenvalue weighted by atomic mass is 16.6. The van der Waals surface area contributed by atoms with E-state index in [4.69, 9.17) is 9.47 Å². The third-order valence-corrected chi connectivity index (χ3v) is 10.8. The predicted octanol–water partition coefficient (Wildman–Crippen LogP) is 5.93. The zero-order valence-electron chi connectivity index (χ0n) is 28.7. The van der Waals surface area contributed by atoms with E-state index in [-0.39, 0.29) is 18.4 Å². The number of cyclic esters (lactones) is 1. The Morgan fingerprint density at radius 3 is 2.20 bits per heavy atom. The topological polar surface area (TPSA) is 82.6 Å². The van der Waals surface area contributed by atoms with Crippen LogP contribution in [0.1, 0.15) is 61.3 Å². The van der Waals surface area contributed by atoms with Gasteiger partial charge < -0.3 is 19.3 Å². The molecule has 9 nitrogen and oxygen atoms in total.